The van der Waals surface area contributed by atoms with Crippen LogP contribution in [0.5, 0.6) is 0 Å². The van der Waals surface area contributed by atoms with Gasteiger partial charge in [0.15, 0.2) is 5.82 Å². The zero-order chi connectivity index (χ0) is 23.8. The van der Waals surface area contributed by atoms with Gasteiger partial charge in [-0.25, -0.2) is 9.97 Å². The van der Waals surface area contributed by atoms with E-state index in [-0.39, 0.29) is 0 Å². The van der Waals surface area contributed by atoms with Crippen LogP contribution in [0.3, 0.4) is 0 Å². The number of aromatic nitrogens is 5. The number of rotatable bonds is 6. The first-order valence-electron chi connectivity index (χ1n) is 11.3. The summed E-state index contributed by atoms with van der Waals surface area (Å²) in [6.45, 7) is 6.28. The van der Waals surface area contributed by atoms with Crippen LogP contribution in [-0.4, -0.2) is 25.1 Å². The quantitative estimate of drug-likeness (QED) is 0.225. The summed E-state index contributed by atoms with van der Waals surface area (Å²) in [7, 11) is 0. The maximum atomic E-state index is 4.73. The Kier molecular flexibility index (Phi) is 5.00. The largest absolute Gasteiger partial charge is 0.354 e. The Hall–Kier alpha value is -4.91. The molecule has 0 saturated heterocycles. The van der Waals surface area contributed by atoms with E-state index in [1.165, 1.54) is 5.56 Å². The first-order valence-corrected chi connectivity index (χ1v) is 11.3. The minimum atomic E-state index is 0.647. The number of nitrogens with zero attached hydrogens (tertiary/aromatic N) is 3. The maximum absolute atomic E-state index is 4.73. The molecule has 6 rings (SSSR count). The fourth-order valence-electron chi connectivity index (χ4n) is 4.04. The van der Waals surface area contributed by atoms with Crippen molar-refractivity contribution >= 4 is 44.7 Å². The van der Waals surface area contributed by atoms with Crippen molar-refractivity contribution in [1.82, 2.24) is 25.1 Å². The van der Waals surface area contributed by atoms with Gasteiger partial charge in [-0.1, -0.05) is 36.4 Å². The van der Waals surface area contributed by atoms with Crippen molar-refractivity contribution in [1.29, 1.82) is 0 Å². The predicted molar refractivity (Wildman–Crippen MR) is 143 cm³/mol. The van der Waals surface area contributed by atoms with Crippen molar-refractivity contribution in [3.8, 4) is 11.4 Å². The molecule has 0 fully saturated rings. The van der Waals surface area contributed by atoms with Gasteiger partial charge in [0.2, 0.25) is 0 Å². The van der Waals surface area contributed by atoms with Crippen molar-refractivity contribution < 1.29 is 0 Å². The summed E-state index contributed by atoms with van der Waals surface area (Å²) in [6, 6.07) is 24.4. The molecule has 0 spiro atoms. The molecule has 0 radical (unpaired) electrons. The number of nitrogens with one attached hydrogen (secondary N) is 4. The monoisotopic (exact) mass is 457 g/mol. The van der Waals surface area contributed by atoms with E-state index >= 15 is 0 Å². The van der Waals surface area contributed by atoms with E-state index in [0.717, 1.165) is 56.0 Å². The lowest BCUT2D eigenvalue weighted by Gasteiger charge is -2.08. The van der Waals surface area contributed by atoms with Gasteiger partial charge in [-0.15, -0.1) is 0 Å². The van der Waals surface area contributed by atoms with Crippen LogP contribution in [0.2, 0.25) is 0 Å². The van der Waals surface area contributed by atoms with E-state index in [9.17, 15) is 0 Å². The second-order valence-electron chi connectivity index (χ2n) is 8.52. The molecule has 0 aliphatic carbocycles. The summed E-state index contributed by atoms with van der Waals surface area (Å²) in [5, 5.41) is 15.9. The molecule has 0 atom stereocenters. The highest BCUT2D eigenvalue weighted by Gasteiger charge is 2.09. The van der Waals surface area contributed by atoms with Crippen LogP contribution in [0.1, 0.15) is 11.3 Å². The van der Waals surface area contributed by atoms with E-state index in [1.54, 1.807) is 12.4 Å². The van der Waals surface area contributed by atoms with Gasteiger partial charge in [0.25, 0.3) is 0 Å². The molecule has 170 valence electrons. The Morgan fingerprint density at radius 3 is 2.60 bits per heavy atom. The van der Waals surface area contributed by atoms with Gasteiger partial charge in [0.05, 0.1) is 23.1 Å². The summed E-state index contributed by atoms with van der Waals surface area (Å²) in [5.74, 6) is 1.37. The van der Waals surface area contributed by atoms with Crippen molar-refractivity contribution in [3.63, 3.8) is 0 Å². The van der Waals surface area contributed by atoms with Gasteiger partial charge >= 0.3 is 0 Å². The van der Waals surface area contributed by atoms with Gasteiger partial charge in [-0.3, -0.25) is 5.10 Å². The van der Waals surface area contributed by atoms with Crippen LogP contribution in [0, 0.1) is 6.92 Å². The molecule has 3 heterocycles. The summed E-state index contributed by atoms with van der Waals surface area (Å²) in [5.41, 5.74) is 7.83. The number of fused-ring (bicyclic) bond motifs is 2. The van der Waals surface area contributed by atoms with E-state index < -0.39 is 0 Å². The van der Waals surface area contributed by atoms with E-state index in [1.807, 2.05) is 42.5 Å². The molecule has 3 aromatic heterocycles. The predicted octanol–water partition coefficient (Wildman–Crippen LogP) is 6.64. The van der Waals surface area contributed by atoms with E-state index in [2.05, 4.69) is 74.6 Å². The number of benzene rings is 3. The van der Waals surface area contributed by atoms with Gasteiger partial charge in [-0.2, -0.15) is 5.10 Å². The molecule has 0 aliphatic heterocycles. The highest BCUT2D eigenvalue weighted by molar-refractivity contribution is 5.89. The van der Waals surface area contributed by atoms with Gasteiger partial charge in [0, 0.05) is 39.4 Å². The van der Waals surface area contributed by atoms with E-state index in [4.69, 9.17) is 4.98 Å². The Labute approximate surface area is 202 Å². The van der Waals surface area contributed by atoms with Crippen molar-refractivity contribution in [3.05, 3.63) is 103 Å². The van der Waals surface area contributed by atoms with Crippen LogP contribution >= 0.6 is 0 Å². The van der Waals surface area contributed by atoms with Gasteiger partial charge < -0.3 is 15.6 Å². The Bertz CT molecular complexity index is 1680. The van der Waals surface area contributed by atoms with Crippen molar-refractivity contribution in [2.45, 2.75) is 6.92 Å². The smallest absolute Gasteiger partial charge is 0.161 e. The fraction of sp³-hybridized carbons (Fsp3) is 0.0357. The van der Waals surface area contributed by atoms with Gasteiger partial charge in [-0.05, 0) is 55.5 Å². The lowest BCUT2D eigenvalue weighted by Crippen LogP contribution is -1.97. The zero-order valence-electron chi connectivity index (χ0n) is 19.1. The third kappa shape index (κ3) is 4.22. The topological polar surface area (TPSA) is 94.3 Å². The van der Waals surface area contributed by atoms with E-state index in [0.29, 0.717) is 5.82 Å². The number of hydrogen-bond donors (Lipinski definition) is 4. The number of H-pyrrole nitrogens is 2. The summed E-state index contributed by atoms with van der Waals surface area (Å²) in [6.07, 6.45) is 3.56. The second kappa shape index (κ2) is 8.46. The van der Waals surface area contributed by atoms with Gasteiger partial charge in [0.1, 0.15) is 5.82 Å². The number of aromatic amines is 2. The van der Waals surface area contributed by atoms with Crippen LogP contribution in [0.15, 0.2) is 91.8 Å². The zero-order valence-corrected chi connectivity index (χ0v) is 19.1. The lowest BCUT2D eigenvalue weighted by molar-refractivity contribution is 1.12. The summed E-state index contributed by atoms with van der Waals surface area (Å²) < 4.78 is 0. The Morgan fingerprint density at radius 1 is 0.857 bits per heavy atom. The highest BCUT2D eigenvalue weighted by atomic mass is 15.1. The van der Waals surface area contributed by atoms with Crippen LogP contribution in [0.4, 0.5) is 17.2 Å². The average Bonchev–Trinajstić information content (AvgIpc) is 3.52. The van der Waals surface area contributed by atoms with Crippen LogP contribution in [0.25, 0.3) is 38.9 Å². The average molecular weight is 458 g/mol. The Balaban J connectivity index is 1.24. The minimum absolute atomic E-state index is 0.647. The maximum Gasteiger partial charge on any atom is 0.161 e. The molecular formula is C28H23N7. The van der Waals surface area contributed by atoms with Crippen molar-refractivity contribution in [2.75, 3.05) is 10.6 Å². The number of anilines is 3. The molecule has 7 heteroatoms. The second-order valence-corrected chi connectivity index (χ2v) is 8.52. The SMILES string of the molecule is C=C(Nc1ccc(C)cc1)c1cc2ccc(-c3nccc(Nc4ccc5[nH]ncc5c4)n3)cc2[nH]1. The third-order valence-corrected chi connectivity index (χ3v) is 5.92. The van der Waals surface area contributed by atoms with Crippen molar-refractivity contribution in [2.24, 2.45) is 0 Å². The third-order valence-electron chi connectivity index (χ3n) is 5.92. The lowest BCUT2D eigenvalue weighted by atomic mass is 10.1. The summed E-state index contributed by atoms with van der Waals surface area (Å²) >= 11 is 0. The highest BCUT2D eigenvalue weighted by Crippen LogP contribution is 2.27. The molecule has 7 nitrogen and oxygen atoms in total. The number of aryl methyl sites for hydroxylation is 1. The van der Waals surface area contributed by atoms with Crippen LogP contribution < -0.4 is 10.6 Å². The number of hydrogen-bond acceptors (Lipinski definition) is 5. The normalized spacial score (nSPS) is 11.1. The molecule has 0 saturated carbocycles. The molecular weight excluding hydrogens is 434 g/mol. The molecule has 0 amide bonds. The molecule has 6 aromatic rings. The molecule has 35 heavy (non-hydrogen) atoms. The minimum Gasteiger partial charge on any atom is -0.354 e. The molecule has 0 bridgehead atoms. The molecule has 3 aromatic carbocycles. The first-order chi connectivity index (χ1) is 17.1. The molecule has 0 unspecified atom stereocenters. The van der Waals surface area contributed by atoms with Crippen LogP contribution in [-0.2, 0) is 0 Å². The Morgan fingerprint density at radius 2 is 1.71 bits per heavy atom. The standard InChI is InChI=1S/C28H23N7/c1-17-3-7-22(8-4-17)31-18(2)25-14-19-5-6-20(15-26(19)33-25)28-29-12-11-27(34-28)32-23-9-10-24-21(13-23)16-30-35-24/h3-16,31,33H,2H2,1H3,(H,30,35)(H,29,32,34). The first kappa shape index (κ1) is 20.7. The summed E-state index contributed by atoms with van der Waals surface area (Å²) in [4.78, 5) is 12.7. The molecule has 4 N–H and O–H groups in total. The fourth-order valence-corrected chi connectivity index (χ4v) is 4.04. The molecule has 0 aliphatic rings.